The Labute approximate surface area is 120 Å². The SMILES string of the molecule is CCNC(CN1CCCC1C1CCCC1)C(C)CC. The van der Waals surface area contributed by atoms with E-state index in [-0.39, 0.29) is 0 Å². The highest BCUT2D eigenvalue weighted by Gasteiger charge is 2.34. The molecule has 0 aromatic carbocycles. The highest BCUT2D eigenvalue weighted by molar-refractivity contribution is 4.90. The second-order valence-electron chi connectivity index (χ2n) is 6.80. The van der Waals surface area contributed by atoms with Gasteiger partial charge in [0.2, 0.25) is 0 Å². The highest BCUT2D eigenvalue weighted by Crippen LogP contribution is 2.35. The van der Waals surface area contributed by atoms with Crippen molar-refractivity contribution in [1.82, 2.24) is 10.2 Å². The van der Waals surface area contributed by atoms with Gasteiger partial charge in [0.25, 0.3) is 0 Å². The molecule has 1 aliphatic carbocycles. The molecule has 2 heteroatoms. The summed E-state index contributed by atoms with van der Waals surface area (Å²) in [6, 6.07) is 1.60. The molecule has 112 valence electrons. The molecule has 2 nitrogen and oxygen atoms in total. The van der Waals surface area contributed by atoms with Gasteiger partial charge in [-0.25, -0.2) is 0 Å². The number of rotatable bonds is 7. The van der Waals surface area contributed by atoms with E-state index < -0.39 is 0 Å². The van der Waals surface area contributed by atoms with Crippen LogP contribution in [-0.4, -0.2) is 36.6 Å². The summed E-state index contributed by atoms with van der Waals surface area (Å²) in [5.74, 6) is 1.81. The third-order valence-electron chi connectivity index (χ3n) is 5.59. The van der Waals surface area contributed by atoms with Gasteiger partial charge in [-0.15, -0.1) is 0 Å². The summed E-state index contributed by atoms with van der Waals surface area (Å²) in [6.07, 6.45) is 10.1. The molecular formula is C17H34N2. The van der Waals surface area contributed by atoms with E-state index >= 15 is 0 Å². The van der Waals surface area contributed by atoms with Crippen molar-refractivity contribution >= 4 is 0 Å². The van der Waals surface area contributed by atoms with Crippen molar-refractivity contribution in [3.05, 3.63) is 0 Å². The van der Waals surface area contributed by atoms with E-state index in [9.17, 15) is 0 Å². The molecule has 0 amide bonds. The van der Waals surface area contributed by atoms with E-state index in [4.69, 9.17) is 0 Å². The van der Waals surface area contributed by atoms with Crippen molar-refractivity contribution in [3.8, 4) is 0 Å². The highest BCUT2D eigenvalue weighted by atomic mass is 15.2. The second kappa shape index (κ2) is 7.64. The minimum absolute atomic E-state index is 0.692. The lowest BCUT2D eigenvalue weighted by Crippen LogP contribution is -2.47. The summed E-state index contributed by atoms with van der Waals surface area (Å²) < 4.78 is 0. The van der Waals surface area contributed by atoms with Crippen molar-refractivity contribution in [2.45, 2.75) is 77.8 Å². The molecule has 1 aliphatic heterocycles. The lowest BCUT2D eigenvalue weighted by atomic mass is 9.94. The predicted molar refractivity (Wildman–Crippen MR) is 83.5 cm³/mol. The van der Waals surface area contributed by atoms with Crippen LogP contribution in [0.5, 0.6) is 0 Å². The smallest absolute Gasteiger partial charge is 0.0220 e. The zero-order valence-electron chi connectivity index (χ0n) is 13.3. The molecule has 2 aliphatic rings. The Morgan fingerprint density at radius 2 is 1.84 bits per heavy atom. The van der Waals surface area contributed by atoms with Crippen LogP contribution in [0.4, 0.5) is 0 Å². The number of likely N-dealkylation sites (N-methyl/N-ethyl adjacent to an activating group) is 1. The van der Waals surface area contributed by atoms with E-state index in [2.05, 4.69) is 31.0 Å². The van der Waals surface area contributed by atoms with Crippen LogP contribution in [0.2, 0.25) is 0 Å². The van der Waals surface area contributed by atoms with Crippen LogP contribution in [0.3, 0.4) is 0 Å². The van der Waals surface area contributed by atoms with E-state index in [1.54, 1.807) is 0 Å². The Bertz CT molecular complexity index is 248. The number of nitrogens with zero attached hydrogens (tertiary/aromatic N) is 1. The molecule has 1 heterocycles. The van der Waals surface area contributed by atoms with Crippen LogP contribution < -0.4 is 5.32 Å². The Kier molecular flexibility index (Phi) is 6.15. The maximum absolute atomic E-state index is 3.73. The molecule has 1 N–H and O–H groups in total. The number of hydrogen-bond acceptors (Lipinski definition) is 2. The van der Waals surface area contributed by atoms with Crippen LogP contribution in [0.25, 0.3) is 0 Å². The standard InChI is InChI=1S/C17H34N2/c1-4-14(3)16(18-5-2)13-19-12-8-11-17(19)15-9-6-7-10-15/h14-18H,4-13H2,1-3H3. The maximum Gasteiger partial charge on any atom is 0.0220 e. The topological polar surface area (TPSA) is 15.3 Å². The first-order valence-corrected chi connectivity index (χ1v) is 8.73. The Morgan fingerprint density at radius 1 is 1.11 bits per heavy atom. The fourth-order valence-electron chi connectivity index (χ4n) is 4.20. The first-order chi connectivity index (χ1) is 9.26. The largest absolute Gasteiger partial charge is 0.313 e. The Hall–Kier alpha value is -0.0800. The number of likely N-dealkylation sites (tertiary alicyclic amines) is 1. The minimum Gasteiger partial charge on any atom is -0.313 e. The molecule has 0 spiro atoms. The summed E-state index contributed by atoms with van der Waals surface area (Å²) in [6.45, 7) is 10.7. The van der Waals surface area contributed by atoms with Gasteiger partial charge in [0.1, 0.15) is 0 Å². The Morgan fingerprint density at radius 3 is 2.47 bits per heavy atom. The van der Waals surface area contributed by atoms with E-state index in [0.29, 0.717) is 6.04 Å². The van der Waals surface area contributed by atoms with Gasteiger partial charge >= 0.3 is 0 Å². The van der Waals surface area contributed by atoms with Crippen molar-refractivity contribution in [2.24, 2.45) is 11.8 Å². The predicted octanol–water partition coefficient (Wildman–Crippen LogP) is 3.67. The molecule has 0 aromatic heterocycles. The molecule has 2 fully saturated rings. The van der Waals surface area contributed by atoms with Crippen LogP contribution in [-0.2, 0) is 0 Å². The van der Waals surface area contributed by atoms with Gasteiger partial charge in [-0.05, 0) is 50.6 Å². The second-order valence-corrected chi connectivity index (χ2v) is 6.80. The Balaban J connectivity index is 1.90. The lowest BCUT2D eigenvalue weighted by molar-refractivity contribution is 0.156. The fourth-order valence-corrected chi connectivity index (χ4v) is 4.20. The molecule has 1 saturated carbocycles. The van der Waals surface area contributed by atoms with Crippen molar-refractivity contribution < 1.29 is 0 Å². The van der Waals surface area contributed by atoms with Gasteiger partial charge in [0, 0.05) is 18.6 Å². The average Bonchev–Trinajstić information content (AvgIpc) is 3.07. The first-order valence-electron chi connectivity index (χ1n) is 8.73. The van der Waals surface area contributed by atoms with Crippen LogP contribution >= 0.6 is 0 Å². The van der Waals surface area contributed by atoms with Gasteiger partial charge < -0.3 is 5.32 Å². The van der Waals surface area contributed by atoms with Crippen molar-refractivity contribution in [2.75, 3.05) is 19.6 Å². The molecule has 3 unspecified atom stereocenters. The van der Waals surface area contributed by atoms with Crippen LogP contribution in [0, 0.1) is 11.8 Å². The summed E-state index contributed by atoms with van der Waals surface area (Å²) in [5, 5.41) is 3.73. The fraction of sp³-hybridized carbons (Fsp3) is 1.00. The maximum atomic E-state index is 3.73. The number of hydrogen-bond donors (Lipinski definition) is 1. The summed E-state index contributed by atoms with van der Waals surface area (Å²) in [7, 11) is 0. The quantitative estimate of drug-likeness (QED) is 0.756. The van der Waals surface area contributed by atoms with Gasteiger partial charge in [-0.3, -0.25) is 4.90 Å². The van der Waals surface area contributed by atoms with Gasteiger partial charge in [-0.2, -0.15) is 0 Å². The third kappa shape index (κ3) is 3.95. The summed E-state index contributed by atoms with van der Waals surface area (Å²) in [4.78, 5) is 2.83. The van der Waals surface area contributed by atoms with E-state index in [0.717, 1.165) is 24.4 Å². The van der Waals surface area contributed by atoms with Gasteiger partial charge in [-0.1, -0.05) is 40.0 Å². The molecular weight excluding hydrogens is 232 g/mol. The van der Waals surface area contributed by atoms with Gasteiger partial charge in [0.05, 0.1) is 0 Å². The molecule has 0 bridgehead atoms. The monoisotopic (exact) mass is 266 g/mol. The minimum atomic E-state index is 0.692. The third-order valence-corrected chi connectivity index (χ3v) is 5.59. The summed E-state index contributed by atoms with van der Waals surface area (Å²) >= 11 is 0. The van der Waals surface area contributed by atoms with Crippen molar-refractivity contribution in [1.29, 1.82) is 0 Å². The zero-order valence-corrected chi connectivity index (χ0v) is 13.3. The summed E-state index contributed by atoms with van der Waals surface area (Å²) in [5.41, 5.74) is 0. The molecule has 1 saturated heterocycles. The molecule has 0 aromatic rings. The molecule has 19 heavy (non-hydrogen) atoms. The molecule has 3 atom stereocenters. The average molecular weight is 266 g/mol. The first kappa shape index (κ1) is 15.3. The van der Waals surface area contributed by atoms with Crippen LogP contribution in [0.1, 0.15) is 65.7 Å². The molecule has 0 radical (unpaired) electrons. The zero-order chi connectivity index (χ0) is 13.7. The normalized spacial score (nSPS) is 28.9. The lowest BCUT2D eigenvalue weighted by Gasteiger charge is -2.34. The van der Waals surface area contributed by atoms with Gasteiger partial charge in [0.15, 0.2) is 0 Å². The van der Waals surface area contributed by atoms with E-state index in [1.807, 2.05) is 0 Å². The van der Waals surface area contributed by atoms with Crippen molar-refractivity contribution in [3.63, 3.8) is 0 Å². The van der Waals surface area contributed by atoms with Crippen LogP contribution in [0.15, 0.2) is 0 Å². The molecule has 2 rings (SSSR count). The van der Waals surface area contributed by atoms with E-state index in [1.165, 1.54) is 58.0 Å². The number of nitrogens with one attached hydrogen (secondary N) is 1.